The summed E-state index contributed by atoms with van der Waals surface area (Å²) in [5, 5.41) is 29.4. The van der Waals surface area contributed by atoms with Crippen molar-refractivity contribution < 1.29 is 29.6 Å². The summed E-state index contributed by atoms with van der Waals surface area (Å²) in [7, 11) is 2.92. The minimum Gasteiger partial charge on any atom is -0.394 e. The number of hydrogen-bond acceptors (Lipinski definition) is 6. The molecule has 0 saturated carbocycles. The second-order valence-electron chi connectivity index (χ2n) is 3.43. The maximum absolute atomic E-state index is 9.48. The summed E-state index contributed by atoms with van der Waals surface area (Å²) in [6.07, 6.45) is -2.98. The average Bonchev–Trinajstić information content (AvgIpc) is 2.44. The molecular weight excluding hydrogens is 256 g/mol. The summed E-state index contributed by atoms with van der Waals surface area (Å²) in [5.41, 5.74) is 4.54. The molecule has 4 unspecified atom stereocenters. The van der Waals surface area contributed by atoms with Crippen LogP contribution in [0.1, 0.15) is 20.3 Å². The van der Waals surface area contributed by atoms with E-state index in [1.807, 2.05) is 13.8 Å². The monoisotopic (exact) mass is 282 g/mol. The zero-order chi connectivity index (χ0) is 15.4. The van der Waals surface area contributed by atoms with Gasteiger partial charge in [0.1, 0.15) is 12.2 Å². The second-order valence-corrected chi connectivity index (χ2v) is 3.43. The fourth-order valence-electron chi connectivity index (χ4n) is 1.22. The number of carbonyl (C=O) groups is 1. The Balaban J connectivity index is 0. The minimum atomic E-state index is -1.03. The van der Waals surface area contributed by atoms with Crippen LogP contribution in [0.5, 0.6) is 0 Å². The zero-order valence-electron chi connectivity index (χ0n) is 11.9. The summed E-state index contributed by atoms with van der Waals surface area (Å²) in [6, 6.07) is -0.495. The van der Waals surface area contributed by atoms with Crippen molar-refractivity contribution in [3.63, 3.8) is 0 Å². The Morgan fingerprint density at radius 1 is 1.47 bits per heavy atom. The largest absolute Gasteiger partial charge is 0.394 e. The number of ether oxygens (including phenoxy) is 2. The lowest BCUT2D eigenvalue weighted by molar-refractivity contribution is -0.248. The highest BCUT2D eigenvalue weighted by molar-refractivity contribution is 5.71. The Labute approximate surface area is 113 Å². The molecule has 0 bridgehead atoms. The van der Waals surface area contributed by atoms with Gasteiger partial charge in [-0.25, -0.2) is 4.79 Å². The van der Waals surface area contributed by atoms with Gasteiger partial charge in [-0.1, -0.05) is 13.8 Å². The first-order valence-corrected chi connectivity index (χ1v) is 6.08. The van der Waals surface area contributed by atoms with E-state index in [-0.39, 0.29) is 13.0 Å². The van der Waals surface area contributed by atoms with Crippen molar-refractivity contribution in [2.75, 3.05) is 20.8 Å². The highest BCUT2D eigenvalue weighted by Crippen LogP contribution is 2.20. The van der Waals surface area contributed by atoms with Crippen LogP contribution in [0.3, 0.4) is 0 Å². The molecule has 116 valence electrons. The van der Waals surface area contributed by atoms with Gasteiger partial charge in [0.05, 0.1) is 12.7 Å². The van der Waals surface area contributed by atoms with Gasteiger partial charge in [-0.05, 0) is 0 Å². The van der Waals surface area contributed by atoms with Crippen LogP contribution in [0.15, 0.2) is 0 Å². The molecule has 0 spiro atoms. The van der Waals surface area contributed by atoms with Crippen molar-refractivity contribution in [2.45, 2.75) is 44.9 Å². The number of nitrogens with one attached hydrogen (secondary N) is 1. The molecular formula is C11H26N2O6. The highest BCUT2D eigenvalue weighted by atomic mass is 16.7. The van der Waals surface area contributed by atoms with Gasteiger partial charge in [0.2, 0.25) is 0 Å². The molecule has 6 N–H and O–H groups in total. The number of aliphatic hydroxyl groups is 3. The van der Waals surface area contributed by atoms with E-state index in [1.54, 1.807) is 0 Å². The maximum atomic E-state index is 9.48. The normalized spacial score (nSPS) is 29.2. The summed E-state index contributed by atoms with van der Waals surface area (Å²) in [6.45, 7) is 3.68. The van der Waals surface area contributed by atoms with E-state index >= 15 is 0 Å². The highest BCUT2D eigenvalue weighted by Gasteiger charge is 2.36. The van der Waals surface area contributed by atoms with Gasteiger partial charge in [-0.3, -0.25) is 0 Å². The maximum Gasteiger partial charge on any atom is 0.311 e. The number of methoxy groups -OCH3 is 1. The molecule has 1 rings (SSSR count). The van der Waals surface area contributed by atoms with Crippen molar-refractivity contribution >= 4 is 6.03 Å². The molecule has 4 atom stereocenters. The third-order valence-electron chi connectivity index (χ3n) is 2.22. The Morgan fingerprint density at radius 3 is 2.26 bits per heavy atom. The van der Waals surface area contributed by atoms with Crippen LogP contribution in [0, 0.1) is 0 Å². The van der Waals surface area contributed by atoms with Crippen LogP contribution in [-0.4, -0.2) is 66.7 Å². The number of primary amides is 1. The quantitative estimate of drug-likeness (QED) is 0.430. The standard InChI is InChI=1S/C7H14O5.C2H6N2O.C2H6/c1-11-6-2-4(9)7(10)5(3-8)12-6;1-4-2(3)5;1-2/h4-10H,2-3H2,1H3;1H3,(H3,3,4,5);1-2H3. The van der Waals surface area contributed by atoms with E-state index in [2.05, 4.69) is 11.1 Å². The average molecular weight is 282 g/mol. The molecule has 1 fully saturated rings. The summed E-state index contributed by atoms with van der Waals surface area (Å²) < 4.78 is 9.92. The Kier molecular flexibility index (Phi) is 13.0. The van der Waals surface area contributed by atoms with E-state index in [1.165, 1.54) is 14.2 Å². The van der Waals surface area contributed by atoms with Crippen LogP contribution in [0.4, 0.5) is 4.79 Å². The van der Waals surface area contributed by atoms with Gasteiger partial charge in [-0.2, -0.15) is 0 Å². The lowest BCUT2D eigenvalue weighted by Gasteiger charge is -2.35. The van der Waals surface area contributed by atoms with Crippen molar-refractivity contribution in [3.05, 3.63) is 0 Å². The number of urea groups is 1. The van der Waals surface area contributed by atoms with E-state index < -0.39 is 30.6 Å². The van der Waals surface area contributed by atoms with E-state index in [4.69, 9.17) is 14.6 Å². The number of nitrogens with two attached hydrogens (primary N) is 1. The molecule has 2 amide bonds. The van der Waals surface area contributed by atoms with Gasteiger partial charge in [-0.15, -0.1) is 0 Å². The molecule has 1 aliphatic heterocycles. The predicted molar refractivity (Wildman–Crippen MR) is 69.4 cm³/mol. The topological polar surface area (TPSA) is 134 Å². The summed E-state index contributed by atoms with van der Waals surface area (Å²) in [4.78, 5) is 9.48. The first-order chi connectivity index (χ1) is 8.96. The molecule has 8 heteroatoms. The number of carbonyl (C=O) groups excluding carboxylic acids is 1. The first-order valence-electron chi connectivity index (χ1n) is 6.08. The summed E-state index contributed by atoms with van der Waals surface area (Å²) in [5.74, 6) is 0. The Bertz CT molecular complexity index is 229. The molecule has 0 radical (unpaired) electrons. The second kappa shape index (κ2) is 12.1. The van der Waals surface area contributed by atoms with Gasteiger partial charge in [0.25, 0.3) is 0 Å². The fourth-order valence-corrected chi connectivity index (χ4v) is 1.22. The number of aliphatic hydroxyl groups excluding tert-OH is 3. The molecule has 1 heterocycles. The lowest BCUT2D eigenvalue weighted by Crippen LogP contribution is -2.50. The fraction of sp³-hybridized carbons (Fsp3) is 0.909. The molecule has 1 aliphatic rings. The number of rotatable bonds is 2. The van der Waals surface area contributed by atoms with E-state index in [0.29, 0.717) is 0 Å². The number of hydrogen-bond donors (Lipinski definition) is 5. The van der Waals surface area contributed by atoms with Crippen LogP contribution < -0.4 is 11.1 Å². The molecule has 8 nitrogen and oxygen atoms in total. The molecule has 0 aliphatic carbocycles. The van der Waals surface area contributed by atoms with Crippen molar-refractivity contribution in [3.8, 4) is 0 Å². The first kappa shape index (κ1) is 20.4. The van der Waals surface area contributed by atoms with Crippen molar-refractivity contribution in [2.24, 2.45) is 5.73 Å². The Morgan fingerprint density at radius 2 is 1.95 bits per heavy atom. The van der Waals surface area contributed by atoms with Crippen LogP contribution in [0.25, 0.3) is 0 Å². The molecule has 19 heavy (non-hydrogen) atoms. The third kappa shape index (κ3) is 8.73. The van der Waals surface area contributed by atoms with Gasteiger partial charge < -0.3 is 35.8 Å². The molecule has 0 aromatic heterocycles. The van der Waals surface area contributed by atoms with Crippen LogP contribution in [-0.2, 0) is 9.47 Å². The number of amides is 2. The van der Waals surface area contributed by atoms with Gasteiger partial charge in [0.15, 0.2) is 6.29 Å². The van der Waals surface area contributed by atoms with Crippen molar-refractivity contribution in [1.29, 1.82) is 0 Å². The molecule has 1 saturated heterocycles. The summed E-state index contributed by atoms with van der Waals surface area (Å²) >= 11 is 0. The van der Waals surface area contributed by atoms with Crippen LogP contribution in [0.2, 0.25) is 0 Å². The van der Waals surface area contributed by atoms with Gasteiger partial charge in [0, 0.05) is 20.6 Å². The van der Waals surface area contributed by atoms with E-state index in [9.17, 15) is 15.0 Å². The zero-order valence-corrected chi connectivity index (χ0v) is 11.9. The lowest BCUT2D eigenvalue weighted by atomic mass is 10.0. The van der Waals surface area contributed by atoms with Crippen LogP contribution >= 0.6 is 0 Å². The third-order valence-corrected chi connectivity index (χ3v) is 2.22. The van der Waals surface area contributed by atoms with Gasteiger partial charge >= 0.3 is 6.03 Å². The molecule has 0 aromatic carbocycles. The van der Waals surface area contributed by atoms with Crippen molar-refractivity contribution in [1.82, 2.24) is 5.32 Å². The predicted octanol–water partition coefficient (Wildman–Crippen LogP) is -1.23. The smallest absolute Gasteiger partial charge is 0.311 e. The molecule has 0 aromatic rings. The Hall–Kier alpha value is -0.930. The van der Waals surface area contributed by atoms with E-state index in [0.717, 1.165) is 0 Å². The SMILES string of the molecule is CC.CNC(N)=O.COC1CC(O)C(O)C(CO)O1. The minimum absolute atomic E-state index is 0.230.